The summed E-state index contributed by atoms with van der Waals surface area (Å²) in [4.78, 5) is 0. The zero-order chi connectivity index (χ0) is 19.3. The van der Waals surface area contributed by atoms with E-state index in [1.807, 2.05) is 66.7 Å². The molecular weight excluding hydrogens is 342 g/mol. The van der Waals surface area contributed by atoms with Gasteiger partial charge in [-0.25, -0.2) is 0 Å². The van der Waals surface area contributed by atoms with Crippen LogP contribution in [-0.4, -0.2) is 7.11 Å². The zero-order valence-corrected chi connectivity index (χ0v) is 15.6. The summed E-state index contributed by atoms with van der Waals surface area (Å²) in [7, 11) is 1.64. The molecule has 2 heteroatoms. The smallest absolute Gasteiger partial charge is 0.118 e. The second-order valence-electron chi connectivity index (χ2n) is 6.52. The molecule has 4 rings (SSSR count). The first-order chi connectivity index (χ1) is 13.8. The zero-order valence-electron chi connectivity index (χ0n) is 15.6. The Labute approximate surface area is 165 Å². The van der Waals surface area contributed by atoms with E-state index in [4.69, 9.17) is 4.74 Å². The van der Waals surface area contributed by atoms with E-state index in [0.29, 0.717) is 5.57 Å². The van der Waals surface area contributed by atoms with Gasteiger partial charge in [-0.3, -0.25) is 0 Å². The normalized spacial score (nSPS) is 11.6. The largest absolute Gasteiger partial charge is 0.497 e. The highest BCUT2D eigenvalue weighted by Gasteiger charge is 2.14. The SMILES string of the molecule is COc1ccc(/C(C#N)=C(\c2ccccc2)c2ccc3ccccc3c2)cc1. The first-order valence-electron chi connectivity index (χ1n) is 9.13. The van der Waals surface area contributed by atoms with Crippen LogP contribution in [0.5, 0.6) is 5.75 Å². The van der Waals surface area contributed by atoms with Crippen molar-refractivity contribution in [3.8, 4) is 11.8 Å². The van der Waals surface area contributed by atoms with E-state index in [9.17, 15) is 5.26 Å². The molecule has 0 aliphatic rings. The average Bonchev–Trinajstić information content (AvgIpc) is 2.78. The van der Waals surface area contributed by atoms with Gasteiger partial charge in [0.05, 0.1) is 12.7 Å². The van der Waals surface area contributed by atoms with E-state index in [2.05, 4.69) is 36.4 Å². The summed E-state index contributed by atoms with van der Waals surface area (Å²) in [5.74, 6) is 0.771. The molecule has 0 fully saturated rings. The van der Waals surface area contributed by atoms with Crippen LogP contribution in [-0.2, 0) is 0 Å². The van der Waals surface area contributed by atoms with Gasteiger partial charge in [0.25, 0.3) is 0 Å². The van der Waals surface area contributed by atoms with Crippen LogP contribution < -0.4 is 4.74 Å². The quantitative estimate of drug-likeness (QED) is 0.314. The van der Waals surface area contributed by atoms with E-state index in [0.717, 1.165) is 33.4 Å². The van der Waals surface area contributed by atoms with Crippen LogP contribution in [0.3, 0.4) is 0 Å². The molecule has 0 amide bonds. The Morgan fingerprint density at radius 2 is 1.32 bits per heavy atom. The Morgan fingerprint density at radius 1 is 0.679 bits per heavy atom. The predicted octanol–water partition coefficient (Wildman–Crippen LogP) is 6.33. The fraction of sp³-hybridized carbons (Fsp3) is 0.0385. The molecule has 2 nitrogen and oxygen atoms in total. The third kappa shape index (κ3) is 3.39. The van der Waals surface area contributed by atoms with E-state index < -0.39 is 0 Å². The van der Waals surface area contributed by atoms with Crippen molar-refractivity contribution in [1.82, 2.24) is 0 Å². The molecule has 0 aliphatic heterocycles. The Hall–Kier alpha value is -3.83. The molecule has 0 saturated carbocycles. The number of methoxy groups -OCH3 is 1. The summed E-state index contributed by atoms with van der Waals surface area (Å²) in [5.41, 5.74) is 4.49. The van der Waals surface area contributed by atoms with E-state index >= 15 is 0 Å². The van der Waals surface area contributed by atoms with Crippen molar-refractivity contribution in [2.75, 3.05) is 7.11 Å². The summed E-state index contributed by atoms with van der Waals surface area (Å²) >= 11 is 0. The first-order valence-corrected chi connectivity index (χ1v) is 9.13. The number of fused-ring (bicyclic) bond motifs is 1. The van der Waals surface area contributed by atoms with E-state index in [1.165, 1.54) is 5.39 Å². The highest BCUT2D eigenvalue weighted by atomic mass is 16.5. The Bertz CT molecular complexity index is 1180. The second-order valence-corrected chi connectivity index (χ2v) is 6.52. The molecule has 4 aromatic carbocycles. The third-order valence-electron chi connectivity index (χ3n) is 4.84. The fourth-order valence-electron chi connectivity index (χ4n) is 3.43. The minimum atomic E-state index is 0.643. The number of benzene rings is 4. The molecule has 0 heterocycles. The van der Waals surface area contributed by atoms with Crippen molar-refractivity contribution in [2.24, 2.45) is 0 Å². The van der Waals surface area contributed by atoms with Crippen molar-refractivity contribution in [2.45, 2.75) is 0 Å². The van der Waals surface area contributed by atoms with Gasteiger partial charge < -0.3 is 4.74 Å². The molecule has 0 atom stereocenters. The number of nitrogens with zero attached hydrogens (tertiary/aromatic N) is 1. The van der Waals surface area contributed by atoms with Crippen molar-refractivity contribution in [1.29, 1.82) is 5.26 Å². The first kappa shape index (κ1) is 17.6. The summed E-state index contributed by atoms with van der Waals surface area (Å²) in [5, 5.41) is 12.4. The molecular formula is C26H19NO. The molecule has 0 spiro atoms. The van der Waals surface area contributed by atoms with Crippen molar-refractivity contribution in [3.63, 3.8) is 0 Å². The molecule has 0 radical (unpaired) electrons. The summed E-state index contributed by atoms with van der Waals surface area (Å²) in [6.45, 7) is 0. The highest BCUT2D eigenvalue weighted by molar-refractivity contribution is 6.05. The standard InChI is InChI=1S/C26H19NO/c1-28-24-15-13-20(14-16-24)25(18-27)26(21-8-3-2-4-9-21)23-12-11-19-7-5-6-10-22(19)17-23/h2-17H,1H3/b26-25+. The highest BCUT2D eigenvalue weighted by Crippen LogP contribution is 2.34. The Balaban J connectivity index is 1.98. The van der Waals surface area contributed by atoms with Crippen LogP contribution in [0.25, 0.3) is 21.9 Å². The summed E-state index contributed by atoms with van der Waals surface area (Å²) in [6, 6.07) is 34.8. The van der Waals surface area contributed by atoms with Gasteiger partial charge in [0.15, 0.2) is 0 Å². The fourth-order valence-corrected chi connectivity index (χ4v) is 3.43. The number of ether oxygens (including phenoxy) is 1. The predicted molar refractivity (Wildman–Crippen MR) is 115 cm³/mol. The van der Waals surface area contributed by atoms with Crippen LogP contribution in [0.2, 0.25) is 0 Å². The number of hydrogen-bond donors (Lipinski definition) is 0. The molecule has 28 heavy (non-hydrogen) atoms. The van der Waals surface area contributed by atoms with Crippen molar-refractivity contribution in [3.05, 3.63) is 114 Å². The van der Waals surface area contributed by atoms with Crippen LogP contribution in [0, 0.1) is 11.3 Å². The van der Waals surface area contributed by atoms with Gasteiger partial charge in [0.2, 0.25) is 0 Å². The summed E-state index contributed by atoms with van der Waals surface area (Å²) < 4.78 is 5.26. The number of nitriles is 1. The van der Waals surface area contributed by atoms with Gasteiger partial charge in [-0.05, 0) is 57.8 Å². The van der Waals surface area contributed by atoms with Gasteiger partial charge in [-0.15, -0.1) is 0 Å². The van der Waals surface area contributed by atoms with Crippen molar-refractivity contribution >= 4 is 21.9 Å². The maximum atomic E-state index is 10.1. The molecule has 0 N–H and O–H groups in total. The molecule has 0 unspecified atom stereocenters. The Morgan fingerprint density at radius 3 is 2.00 bits per heavy atom. The van der Waals surface area contributed by atoms with Crippen LogP contribution in [0.1, 0.15) is 16.7 Å². The minimum absolute atomic E-state index is 0.643. The average molecular weight is 361 g/mol. The topological polar surface area (TPSA) is 33.0 Å². The van der Waals surface area contributed by atoms with Crippen molar-refractivity contribution < 1.29 is 4.74 Å². The van der Waals surface area contributed by atoms with Crippen LogP contribution in [0.4, 0.5) is 0 Å². The molecule has 0 aliphatic carbocycles. The third-order valence-corrected chi connectivity index (χ3v) is 4.84. The van der Waals surface area contributed by atoms with E-state index in [-0.39, 0.29) is 0 Å². The molecule has 0 saturated heterocycles. The van der Waals surface area contributed by atoms with Gasteiger partial charge in [0.1, 0.15) is 11.8 Å². The van der Waals surface area contributed by atoms with Crippen LogP contribution in [0.15, 0.2) is 97.1 Å². The lowest BCUT2D eigenvalue weighted by Gasteiger charge is -2.13. The molecule has 134 valence electrons. The number of rotatable bonds is 4. The van der Waals surface area contributed by atoms with E-state index in [1.54, 1.807) is 7.11 Å². The Kier molecular flexibility index (Phi) is 4.91. The maximum Gasteiger partial charge on any atom is 0.118 e. The van der Waals surface area contributed by atoms with Crippen LogP contribution >= 0.6 is 0 Å². The monoisotopic (exact) mass is 361 g/mol. The maximum absolute atomic E-state index is 10.1. The number of allylic oxidation sites excluding steroid dienone is 1. The lowest BCUT2D eigenvalue weighted by atomic mass is 9.89. The summed E-state index contributed by atoms with van der Waals surface area (Å²) in [6.07, 6.45) is 0. The lowest BCUT2D eigenvalue weighted by molar-refractivity contribution is 0.415. The molecule has 0 aromatic heterocycles. The second kappa shape index (κ2) is 7.82. The lowest BCUT2D eigenvalue weighted by Crippen LogP contribution is -1.94. The van der Waals surface area contributed by atoms with Gasteiger partial charge in [0, 0.05) is 5.57 Å². The number of hydrogen-bond acceptors (Lipinski definition) is 2. The minimum Gasteiger partial charge on any atom is -0.497 e. The molecule has 0 bridgehead atoms. The molecule has 4 aromatic rings. The van der Waals surface area contributed by atoms with Gasteiger partial charge in [-0.2, -0.15) is 5.26 Å². The van der Waals surface area contributed by atoms with Gasteiger partial charge in [-0.1, -0.05) is 66.7 Å². The van der Waals surface area contributed by atoms with Gasteiger partial charge >= 0.3 is 0 Å².